The van der Waals surface area contributed by atoms with E-state index in [0.717, 1.165) is 25.7 Å². The summed E-state index contributed by atoms with van der Waals surface area (Å²) in [5.74, 6) is -2.22. The highest BCUT2D eigenvalue weighted by Gasteiger charge is 2.75. The van der Waals surface area contributed by atoms with E-state index < -0.39 is 40.8 Å². The van der Waals surface area contributed by atoms with E-state index in [4.69, 9.17) is 9.47 Å². The van der Waals surface area contributed by atoms with Crippen molar-refractivity contribution < 1.29 is 34.4 Å². The number of hydrogen-bond donors (Lipinski definition) is 3. The van der Waals surface area contributed by atoms with Crippen LogP contribution in [0.5, 0.6) is 0 Å². The molecule has 7 aliphatic rings. The Morgan fingerprint density at radius 2 is 1.71 bits per heavy atom. The summed E-state index contributed by atoms with van der Waals surface area (Å²) >= 11 is 0. The van der Waals surface area contributed by atoms with Gasteiger partial charge in [0.2, 0.25) is 0 Å². The molecule has 2 bridgehead atoms. The van der Waals surface area contributed by atoms with Gasteiger partial charge >= 0.3 is 11.9 Å². The highest BCUT2D eigenvalue weighted by Crippen LogP contribution is 2.78. The molecule has 2 heterocycles. The fourth-order valence-corrected chi connectivity index (χ4v) is 11.7. The summed E-state index contributed by atoms with van der Waals surface area (Å²) < 4.78 is 12.3. The Hall–Kier alpha value is -1.70. The van der Waals surface area contributed by atoms with Crippen LogP contribution in [0.15, 0.2) is 23.3 Å². The minimum atomic E-state index is -1.39. The van der Waals surface area contributed by atoms with E-state index in [-0.39, 0.29) is 27.6 Å². The van der Waals surface area contributed by atoms with Crippen LogP contribution in [0.2, 0.25) is 0 Å². The molecule has 0 amide bonds. The van der Waals surface area contributed by atoms with E-state index in [9.17, 15) is 24.9 Å². The van der Waals surface area contributed by atoms with E-state index in [2.05, 4.69) is 33.8 Å². The molecule has 234 valence electrons. The topological polar surface area (TPSA) is 113 Å². The summed E-state index contributed by atoms with van der Waals surface area (Å²) in [4.78, 5) is 26.5. The third-order valence-electron chi connectivity index (χ3n) is 14.7. The van der Waals surface area contributed by atoms with E-state index >= 15 is 0 Å². The van der Waals surface area contributed by atoms with Crippen molar-refractivity contribution in [3.8, 4) is 0 Å². The van der Waals surface area contributed by atoms with Crippen molar-refractivity contribution in [3.05, 3.63) is 23.3 Å². The Kier molecular flexibility index (Phi) is 6.46. The van der Waals surface area contributed by atoms with Gasteiger partial charge in [0.05, 0.1) is 12.7 Å². The van der Waals surface area contributed by atoms with Crippen molar-refractivity contribution in [1.82, 2.24) is 0 Å². The number of ether oxygens (including phenoxy) is 2. The second-order valence-corrected chi connectivity index (χ2v) is 16.6. The van der Waals surface area contributed by atoms with Crippen molar-refractivity contribution >= 4 is 11.9 Å². The molecular formula is C35H52O7. The SMILES string of the molecule is C/C=C(\C)C(=O)O[C@@H]1[C@@H](O)C(C)(C)C[C@H]2C3=CC[C@@H]4[C@]56CCC(O)(OC5)C(C)(C)[C@@H]6CC[C@@]4(C)[C@]3(C)CC[C@@]12C(=O)O. The molecule has 1 spiro atoms. The number of esters is 1. The van der Waals surface area contributed by atoms with E-state index in [1.165, 1.54) is 5.57 Å². The van der Waals surface area contributed by atoms with Gasteiger partial charge in [-0.05, 0) is 86.9 Å². The first-order chi connectivity index (χ1) is 19.4. The quantitative estimate of drug-likeness (QED) is 0.211. The maximum absolute atomic E-state index is 13.4. The zero-order chi connectivity index (χ0) is 30.9. The molecule has 7 rings (SSSR count). The largest absolute Gasteiger partial charge is 0.481 e. The first-order valence-corrected chi connectivity index (χ1v) is 16.2. The molecule has 2 aliphatic heterocycles. The molecule has 42 heavy (non-hydrogen) atoms. The maximum atomic E-state index is 13.4. The Morgan fingerprint density at radius 1 is 1.02 bits per heavy atom. The second-order valence-electron chi connectivity index (χ2n) is 16.6. The minimum absolute atomic E-state index is 0.0164. The van der Waals surface area contributed by atoms with Gasteiger partial charge in [0.1, 0.15) is 11.5 Å². The number of aliphatic carboxylic acids is 1. The average molecular weight is 585 g/mol. The highest BCUT2D eigenvalue weighted by molar-refractivity contribution is 5.88. The van der Waals surface area contributed by atoms with E-state index in [1.54, 1.807) is 19.9 Å². The van der Waals surface area contributed by atoms with Gasteiger partial charge in [-0.2, -0.15) is 0 Å². The Balaban J connectivity index is 1.46. The molecule has 0 aromatic rings. The zero-order valence-corrected chi connectivity index (χ0v) is 26.9. The van der Waals surface area contributed by atoms with Crippen LogP contribution in [0, 0.1) is 50.2 Å². The molecule has 1 unspecified atom stereocenters. The molecule has 10 atom stereocenters. The first-order valence-electron chi connectivity index (χ1n) is 16.2. The van der Waals surface area contributed by atoms with Crippen LogP contribution >= 0.6 is 0 Å². The third-order valence-corrected chi connectivity index (χ3v) is 14.7. The maximum Gasteiger partial charge on any atom is 0.333 e. The third kappa shape index (κ3) is 3.39. The number of carbonyl (C=O) groups is 2. The summed E-state index contributed by atoms with van der Waals surface area (Å²) in [6.07, 6.45) is 7.84. The average Bonchev–Trinajstić information content (AvgIpc) is 2.91. The lowest BCUT2D eigenvalue weighted by molar-refractivity contribution is -0.395. The molecule has 5 aliphatic carbocycles. The van der Waals surface area contributed by atoms with Gasteiger partial charge < -0.3 is 24.8 Å². The summed E-state index contributed by atoms with van der Waals surface area (Å²) in [6.45, 7) is 17.1. The number of aliphatic hydroxyl groups is 2. The normalized spacial score (nSPS) is 50.4. The van der Waals surface area contributed by atoms with Gasteiger partial charge in [0.25, 0.3) is 0 Å². The van der Waals surface area contributed by atoms with Crippen LogP contribution in [-0.2, 0) is 19.1 Å². The van der Waals surface area contributed by atoms with Crippen LogP contribution in [0.4, 0.5) is 0 Å². The lowest BCUT2D eigenvalue weighted by atomic mass is 9.32. The fourth-order valence-electron chi connectivity index (χ4n) is 11.7. The number of hydrogen-bond acceptors (Lipinski definition) is 6. The van der Waals surface area contributed by atoms with Gasteiger partial charge in [-0.3, -0.25) is 4.79 Å². The molecule has 7 heteroatoms. The minimum Gasteiger partial charge on any atom is -0.481 e. The number of aliphatic hydroxyl groups excluding tert-OH is 1. The number of carboxylic acid groups (broad SMARTS) is 1. The summed E-state index contributed by atoms with van der Waals surface area (Å²) in [6, 6.07) is 0. The number of rotatable bonds is 3. The standard InChI is InChI=1S/C35H52O7/c1-9-20(2)27(37)42-26-25(36)29(3,4)18-22-21-10-11-24-32(8,31(21,7)14-16-34(22,26)28(38)39)13-12-23-30(5,6)35(40)17-15-33(23,24)19-41-35/h9-10,22-26,36,40H,11-19H2,1-8H3,(H,38,39)/b20-9+/t22-,23-,24-,25+,26+,31+,32+,33+,34-,35?/m0/s1. The molecule has 0 radical (unpaired) electrons. The Morgan fingerprint density at radius 3 is 2.31 bits per heavy atom. The number of fused-ring (bicyclic) bond motifs is 7. The molecule has 0 aromatic carbocycles. The van der Waals surface area contributed by atoms with Crippen LogP contribution in [0.1, 0.15) is 107 Å². The van der Waals surface area contributed by atoms with Gasteiger partial charge in [0, 0.05) is 28.7 Å². The number of carbonyl (C=O) groups excluding carboxylic acids is 1. The van der Waals surface area contributed by atoms with Gasteiger partial charge in [-0.25, -0.2) is 4.79 Å². The van der Waals surface area contributed by atoms with Crippen LogP contribution in [-0.4, -0.2) is 51.9 Å². The van der Waals surface area contributed by atoms with Gasteiger partial charge in [-0.1, -0.05) is 59.3 Å². The number of carboxylic acids is 1. The number of allylic oxidation sites excluding steroid dienone is 3. The molecule has 0 aromatic heterocycles. The van der Waals surface area contributed by atoms with Crippen LogP contribution in [0.3, 0.4) is 0 Å². The molecule has 3 N–H and O–H groups in total. The van der Waals surface area contributed by atoms with E-state index in [1.807, 2.05) is 13.8 Å². The van der Waals surface area contributed by atoms with Crippen molar-refractivity contribution in [2.75, 3.05) is 6.61 Å². The van der Waals surface area contributed by atoms with Crippen molar-refractivity contribution in [2.45, 2.75) is 125 Å². The second kappa shape index (κ2) is 8.94. The summed E-state index contributed by atoms with van der Waals surface area (Å²) in [5, 5.41) is 34.1. The van der Waals surface area contributed by atoms with Crippen LogP contribution in [0.25, 0.3) is 0 Å². The molecule has 7 nitrogen and oxygen atoms in total. The summed E-state index contributed by atoms with van der Waals surface area (Å²) in [5.41, 5.74) is -1.08. The van der Waals surface area contributed by atoms with Crippen molar-refractivity contribution in [1.29, 1.82) is 0 Å². The summed E-state index contributed by atoms with van der Waals surface area (Å²) in [7, 11) is 0. The molecule has 6 fully saturated rings. The Bertz CT molecular complexity index is 1250. The highest BCUT2D eigenvalue weighted by atomic mass is 16.6. The fraction of sp³-hybridized carbons (Fsp3) is 0.829. The zero-order valence-electron chi connectivity index (χ0n) is 26.9. The molecular weight excluding hydrogens is 532 g/mol. The monoisotopic (exact) mass is 584 g/mol. The van der Waals surface area contributed by atoms with E-state index in [0.29, 0.717) is 49.7 Å². The predicted octanol–water partition coefficient (Wildman–Crippen LogP) is 6.03. The van der Waals surface area contributed by atoms with Crippen molar-refractivity contribution in [2.24, 2.45) is 50.2 Å². The smallest absolute Gasteiger partial charge is 0.333 e. The Labute approximate surface area is 251 Å². The first kappa shape index (κ1) is 30.3. The van der Waals surface area contributed by atoms with Gasteiger partial charge in [0.15, 0.2) is 5.79 Å². The van der Waals surface area contributed by atoms with Gasteiger partial charge in [-0.15, -0.1) is 0 Å². The van der Waals surface area contributed by atoms with Crippen LogP contribution < -0.4 is 0 Å². The molecule has 4 saturated carbocycles. The lowest BCUT2D eigenvalue weighted by Crippen LogP contribution is -2.73. The molecule has 2 saturated heterocycles. The predicted molar refractivity (Wildman–Crippen MR) is 158 cm³/mol. The lowest BCUT2D eigenvalue weighted by Gasteiger charge is -2.74. The van der Waals surface area contributed by atoms with Crippen molar-refractivity contribution in [3.63, 3.8) is 0 Å².